The number of carbonyl (C=O) groups is 1. The van der Waals surface area contributed by atoms with E-state index in [-0.39, 0.29) is 6.03 Å². The summed E-state index contributed by atoms with van der Waals surface area (Å²) < 4.78 is 0. The van der Waals surface area contributed by atoms with Crippen LogP contribution in [-0.2, 0) is 0 Å². The van der Waals surface area contributed by atoms with Crippen LogP contribution in [0.15, 0.2) is 30.8 Å². The molecule has 1 heterocycles. The zero-order chi connectivity index (χ0) is 12.6. The highest BCUT2D eigenvalue weighted by molar-refractivity contribution is 6.02. The minimum Gasteiger partial charge on any atom is -0.333 e. The topological polar surface area (TPSA) is 67.2 Å². The van der Waals surface area contributed by atoms with Crippen LogP contribution in [-0.4, -0.2) is 13.1 Å². The molecule has 4 nitrogen and oxygen atoms in total. The number of benzene rings is 1. The summed E-state index contributed by atoms with van der Waals surface area (Å²) in [5.41, 5.74) is 6.90. The number of anilines is 1. The summed E-state index contributed by atoms with van der Waals surface area (Å²) in [6, 6.07) is 7.31. The van der Waals surface area contributed by atoms with Gasteiger partial charge in [0.05, 0.1) is 5.69 Å². The summed E-state index contributed by atoms with van der Waals surface area (Å²) in [6.07, 6.45) is 0. The Kier molecular flexibility index (Phi) is 6.63. The lowest BCUT2D eigenvalue weighted by atomic mass is 10.1. The molecule has 16 heavy (non-hydrogen) atoms. The number of nitrogens with two attached hydrogens (primary N) is 1. The van der Waals surface area contributed by atoms with Crippen molar-refractivity contribution in [3.63, 3.8) is 0 Å². The van der Waals surface area contributed by atoms with Crippen LogP contribution in [0.5, 0.6) is 0 Å². The second kappa shape index (κ2) is 7.48. The van der Waals surface area contributed by atoms with Crippen molar-refractivity contribution in [3.8, 4) is 0 Å². The third-order valence-electron chi connectivity index (χ3n) is 1.76. The highest BCUT2D eigenvalue weighted by atomic mass is 16.2. The van der Waals surface area contributed by atoms with Crippen LogP contribution in [0.4, 0.5) is 10.5 Å². The zero-order valence-electron chi connectivity index (χ0n) is 10.0. The molecule has 0 aromatic heterocycles. The number of hydrogen-bond acceptors (Lipinski definition) is 2. The molecule has 0 atom stereocenters. The molecule has 1 aliphatic heterocycles. The van der Waals surface area contributed by atoms with E-state index in [4.69, 9.17) is 0 Å². The zero-order valence-corrected chi connectivity index (χ0v) is 10.0. The number of para-hydroxylation sites is 1. The Bertz CT molecular complexity index is 361. The van der Waals surface area contributed by atoms with E-state index in [2.05, 4.69) is 22.9 Å². The molecule has 0 bridgehead atoms. The Balaban J connectivity index is 0.000000509. The standard InChI is InChI=1S/C9H8N2O.C2H6.CH5N/c1-6-7-4-2-3-5-8(7)11-9(12)10-6;2*1-2/h2-5H,1H2,(H2,10,11,12);1-2H3;2H2,1H3. The van der Waals surface area contributed by atoms with Crippen molar-refractivity contribution >= 4 is 17.4 Å². The van der Waals surface area contributed by atoms with Gasteiger partial charge in [0.15, 0.2) is 0 Å². The molecule has 1 aromatic rings. The maximum atomic E-state index is 11.0. The van der Waals surface area contributed by atoms with Gasteiger partial charge in [0.2, 0.25) is 0 Å². The molecule has 0 aliphatic carbocycles. The Morgan fingerprint density at radius 3 is 2.31 bits per heavy atom. The molecule has 0 saturated carbocycles. The second-order valence-electron chi connectivity index (χ2n) is 2.60. The third kappa shape index (κ3) is 3.40. The van der Waals surface area contributed by atoms with Gasteiger partial charge in [0.1, 0.15) is 0 Å². The Morgan fingerprint density at radius 1 is 1.12 bits per heavy atom. The van der Waals surface area contributed by atoms with Gasteiger partial charge in [0, 0.05) is 11.3 Å². The quantitative estimate of drug-likeness (QED) is 0.629. The van der Waals surface area contributed by atoms with E-state index in [1.807, 2.05) is 38.1 Å². The lowest BCUT2D eigenvalue weighted by Crippen LogP contribution is -2.31. The SMILES string of the molecule is C=C1NC(=O)Nc2ccccc21.CC.CN. The van der Waals surface area contributed by atoms with Gasteiger partial charge in [-0.15, -0.1) is 0 Å². The first-order chi connectivity index (χ1) is 7.77. The van der Waals surface area contributed by atoms with E-state index in [1.165, 1.54) is 7.05 Å². The maximum absolute atomic E-state index is 11.0. The smallest absolute Gasteiger partial charge is 0.323 e. The molecule has 0 unspecified atom stereocenters. The Morgan fingerprint density at radius 2 is 1.69 bits per heavy atom. The van der Waals surface area contributed by atoms with Gasteiger partial charge in [-0.2, -0.15) is 0 Å². The molecule has 0 saturated heterocycles. The largest absolute Gasteiger partial charge is 0.333 e. The summed E-state index contributed by atoms with van der Waals surface area (Å²) in [5.74, 6) is 0. The average Bonchev–Trinajstić information content (AvgIpc) is 2.34. The molecule has 0 fully saturated rings. The van der Waals surface area contributed by atoms with Crippen LogP contribution in [0, 0.1) is 0 Å². The van der Waals surface area contributed by atoms with Crippen LogP contribution in [0.1, 0.15) is 19.4 Å². The molecule has 1 aliphatic rings. The van der Waals surface area contributed by atoms with Crippen molar-refractivity contribution in [1.29, 1.82) is 0 Å². The van der Waals surface area contributed by atoms with E-state index in [9.17, 15) is 4.79 Å². The first-order valence-corrected chi connectivity index (χ1v) is 5.21. The number of rotatable bonds is 0. The van der Waals surface area contributed by atoms with Gasteiger partial charge in [-0.25, -0.2) is 4.79 Å². The molecule has 2 amide bonds. The summed E-state index contributed by atoms with van der Waals surface area (Å²) in [6.45, 7) is 7.73. The number of amides is 2. The van der Waals surface area contributed by atoms with E-state index >= 15 is 0 Å². The lowest BCUT2D eigenvalue weighted by Gasteiger charge is -2.19. The van der Waals surface area contributed by atoms with Crippen LogP contribution in [0.25, 0.3) is 5.70 Å². The molecule has 4 N–H and O–H groups in total. The summed E-state index contributed by atoms with van der Waals surface area (Å²) >= 11 is 0. The predicted molar refractivity (Wildman–Crippen MR) is 69.1 cm³/mol. The van der Waals surface area contributed by atoms with Crippen molar-refractivity contribution in [1.82, 2.24) is 5.32 Å². The van der Waals surface area contributed by atoms with Gasteiger partial charge in [-0.1, -0.05) is 38.6 Å². The first-order valence-electron chi connectivity index (χ1n) is 5.21. The maximum Gasteiger partial charge on any atom is 0.323 e. The van der Waals surface area contributed by atoms with E-state index in [1.54, 1.807) is 0 Å². The third-order valence-corrected chi connectivity index (χ3v) is 1.76. The van der Waals surface area contributed by atoms with Gasteiger partial charge in [0.25, 0.3) is 0 Å². The molecule has 0 radical (unpaired) electrons. The normalized spacial score (nSPS) is 11.8. The molecule has 88 valence electrons. The first kappa shape index (κ1) is 14.2. The Hall–Kier alpha value is -1.81. The minimum absolute atomic E-state index is 0.223. The van der Waals surface area contributed by atoms with E-state index < -0.39 is 0 Å². The highest BCUT2D eigenvalue weighted by Crippen LogP contribution is 2.23. The summed E-state index contributed by atoms with van der Waals surface area (Å²) in [5, 5.41) is 5.27. The monoisotopic (exact) mass is 221 g/mol. The minimum atomic E-state index is -0.223. The van der Waals surface area contributed by atoms with Crippen LogP contribution in [0.2, 0.25) is 0 Å². The van der Waals surface area contributed by atoms with Gasteiger partial charge in [-0.3, -0.25) is 0 Å². The van der Waals surface area contributed by atoms with E-state index in [0.717, 1.165) is 11.3 Å². The summed E-state index contributed by atoms with van der Waals surface area (Å²) in [4.78, 5) is 11.0. The van der Waals surface area contributed by atoms with Crippen molar-refractivity contribution in [2.24, 2.45) is 5.73 Å². The van der Waals surface area contributed by atoms with E-state index in [0.29, 0.717) is 5.70 Å². The van der Waals surface area contributed by atoms with Crippen molar-refractivity contribution in [2.45, 2.75) is 13.8 Å². The number of carbonyl (C=O) groups excluding carboxylic acids is 1. The second-order valence-corrected chi connectivity index (χ2v) is 2.60. The predicted octanol–water partition coefficient (Wildman–Crippen LogP) is 2.39. The summed E-state index contributed by atoms with van der Waals surface area (Å²) in [7, 11) is 1.50. The fraction of sp³-hybridized carbons (Fsp3) is 0.250. The fourth-order valence-electron chi connectivity index (χ4n) is 1.21. The van der Waals surface area contributed by atoms with Crippen LogP contribution >= 0.6 is 0 Å². The van der Waals surface area contributed by atoms with Gasteiger partial charge >= 0.3 is 6.03 Å². The fourth-order valence-corrected chi connectivity index (χ4v) is 1.21. The molecule has 1 aromatic carbocycles. The van der Waals surface area contributed by atoms with Crippen molar-refractivity contribution < 1.29 is 4.79 Å². The highest BCUT2D eigenvalue weighted by Gasteiger charge is 2.15. The van der Waals surface area contributed by atoms with Crippen molar-refractivity contribution in [3.05, 3.63) is 36.4 Å². The molecular formula is C12H19N3O. The number of fused-ring (bicyclic) bond motifs is 1. The molecule has 0 spiro atoms. The van der Waals surface area contributed by atoms with Crippen LogP contribution < -0.4 is 16.4 Å². The van der Waals surface area contributed by atoms with Crippen molar-refractivity contribution in [2.75, 3.05) is 12.4 Å². The molecule has 4 heteroatoms. The number of urea groups is 1. The number of nitrogens with one attached hydrogen (secondary N) is 2. The van der Waals surface area contributed by atoms with Gasteiger partial charge < -0.3 is 16.4 Å². The molecular weight excluding hydrogens is 202 g/mol. The Labute approximate surface area is 96.5 Å². The average molecular weight is 221 g/mol. The lowest BCUT2D eigenvalue weighted by molar-refractivity contribution is 0.255. The number of hydrogen-bond donors (Lipinski definition) is 3. The van der Waals surface area contributed by atoms with Crippen LogP contribution in [0.3, 0.4) is 0 Å². The van der Waals surface area contributed by atoms with Gasteiger partial charge in [-0.05, 0) is 13.1 Å². The molecule has 2 rings (SSSR count).